The molecule has 2 N–H and O–H groups in total. The molecule has 1 fully saturated rings. The van der Waals surface area contributed by atoms with Gasteiger partial charge in [0.1, 0.15) is 0 Å². The quantitative estimate of drug-likeness (QED) is 0.848. The molecule has 0 saturated heterocycles. The van der Waals surface area contributed by atoms with Crippen LogP contribution in [0.3, 0.4) is 0 Å². The van der Waals surface area contributed by atoms with E-state index in [4.69, 9.17) is 0 Å². The molecule has 2 rings (SSSR count). The van der Waals surface area contributed by atoms with Gasteiger partial charge in [0.2, 0.25) is 0 Å². The molecule has 1 aromatic rings. The minimum absolute atomic E-state index is 0.0959. The molecule has 0 radical (unpaired) electrons. The third kappa shape index (κ3) is 4.61. The van der Waals surface area contributed by atoms with E-state index in [1.807, 2.05) is 0 Å². The highest BCUT2D eigenvalue weighted by atomic mass is 19.4. The predicted octanol–water partition coefficient (Wildman–Crippen LogP) is 2.77. The fourth-order valence-electron chi connectivity index (χ4n) is 2.30. The summed E-state index contributed by atoms with van der Waals surface area (Å²) in [5, 5.41) is 12.6. The summed E-state index contributed by atoms with van der Waals surface area (Å²) in [4.78, 5) is 1.44. The highest BCUT2D eigenvalue weighted by molar-refractivity contribution is 5.56. The molecular formula is C15H21F3N2O. The number of aliphatic hydroxyl groups is 1. The number of anilines is 1. The highest BCUT2D eigenvalue weighted by Gasteiger charge is 2.35. The molecule has 0 amide bonds. The molecule has 0 heterocycles. The van der Waals surface area contributed by atoms with Crippen LogP contribution in [-0.2, 0) is 12.7 Å². The normalized spacial score (nSPS) is 16.9. The van der Waals surface area contributed by atoms with Crippen molar-refractivity contribution < 1.29 is 18.3 Å². The van der Waals surface area contributed by atoms with Crippen molar-refractivity contribution in [3.63, 3.8) is 0 Å². The Kier molecular flexibility index (Phi) is 4.78. The number of hydrogen-bond acceptors (Lipinski definition) is 3. The third-order valence-electron chi connectivity index (χ3n) is 3.49. The van der Waals surface area contributed by atoms with Crippen molar-refractivity contribution in [1.29, 1.82) is 0 Å². The Labute approximate surface area is 122 Å². The van der Waals surface area contributed by atoms with Gasteiger partial charge in [-0.1, -0.05) is 6.07 Å². The van der Waals surface area contributed by atoms with E-state index in [9.17, 15) is 18.3 Å². The van der Waals surface area contributed by atoms with Crippen LogP contribution < -0.4 is 10.2 Å². The minimum atomic E-state index is -4.40. The van der Waals surface area contributed by atoms with E-state index in [-0.39, 0.29) is 12.2 Å². The van der Waals surface area contributed by atoms with Crippen LogP contribution in [-0.4, -0.2) is 30.8 Å². The number of likely N-dealkylation sites (N-methyl/N-ethyl adjacent to an activating group) is 1. The van der Waals surface area contributed by atoms with E-state index in [0.717, 1.165) is 12.8 Å². The van der Waals surface area contributed by atoms with Crippen LogP contribution in [0.1, 0.15) is 30.9 Å². The van der Waals surface area contributed by atoms with Gasteiger partial charge >= 0.3 is 6.18 Å². The Balaban J connectivity index is 2.21. The van der Waals surface area contributed by atoms with Gasteiger partial charge in [-0.25, -0.2) is 0 Å². The number of halogens is 3. The maximum atomic E-state index is 13.2. The fourth-order valence-corrected chi connectivity index (χ4v) is 2.30. The standard InChI is InChI=1S/C15H21F3N2O/c1-10(21)9-20(2)14-6-3-11(8-19-12-4-5-12)7-13(14)15(16,17)18/h3,6-7,10,12,19,21H,4-5,8-9H2,1-2H3. The second kappa shape index (κ2) is 6.23. The zero-order valence-electron chi connectivity index (χ0n) is 12.2. The summed E-state index contributed by atoms with van der Waals surface area (Å²) in [7, 11) is 1.55. The van der Waals surface area contributed by atoms with Crippen LogP contribution in [0.4, 0.5) is 18.9 Å². The van der Waals surface area contributed by atoms with Crippen LogP contribution in [0.15, 0.2) is 18.2 Å². The van der Waals surface area contributed by atoms with Crippen molar-refractivity contribution in [1.82, 2.24) is 5.32 Å². The Bertz CT molecular complexity index is 484. The minimum Gasteiger partial charge on any atom is -0.392 e. The first-order valence-corrected chi connectivity index (χ1v) is 7.10. The molecule has 1 aliphatic rings. The molecule has 0 aromatic heterocycles. The molecule has 6 heteroatoms. The van der Waals surface area contributed by atoms with Gasteiger partial charge in [0.15, 0.2) is 0 Å². The van der Waals surface area contributed by atoms with Crippen LogP contribution in [0.25, 0.3) is 0 Å². The lowest BCUT2D eigenvalue weighted by Crippen LogP contribution is -2.29. The van der Waals surface area contributed by atoms with Crippen molar-refractivity contribution in [3.8, 4) is 0 Å². The summed E-state index contributed by atoms with van der Waals surface area (Å²) in [5.74, 6) is 0. The smallest absolute Gasteiger partial charge is 0.392 e. The van der Waals surface area contributed by atoms with Crippen molar-refractivity contribution >= 4 is 5.69 Å². The van der Waals surface area contributed by atoms with Gasteiger partial charge in [0.05, 0.1) is 11.7 Å². The third-order valence-corrected chi connectivity index (χ3v) is 3.49. The van der Waals surface area contributed by atoms with Gasteiger partial charge in [0.25, 0.3) is 0 Å². The lowest BCUT2D eigenvalue weighted by Gasteiger charge is -2.25. The summed E-state index contributed by atoms with van der Waals surface area (Å²) in [5.41, 5.74) is 0.0720. The molecule has 3 nitrogen and oxygen atoms in total. The van der Waals surface area contributed by atoms with Crippen LogP contribution in [0.5, 0.6) is 0 Å². The number of aliphatic hydroxyl groups excluding tert-OH is 1. The average Bonchev–Trinajstić information content (AvgIpc) is 3.18. The Morgan fingerprint density at radius 1 is 1.38 bits per heavy atom. The summed E-state index contributed by atoms with van der Waals surface area (Å²) in [6, 6.07) is 4.84. The van der Waals surface area contributed by atoms with E-state index in [0.29, 0.717) is 18.2 Å². The van der Waals surface area contributed by atoms with Crippen LogP contribution in [0.2, 0.25) is 0 Å². The van der Waals surface area contributed by atoms with E-state index < -0.39 is 17.8 Å². The molecule has 1 saturated carbocycles. The zero-order valence-corrected chi connectivity index (χ0v) is 12.2. The SMILES string of the molecule is CC(O)CN(C)c1ccc(CNC2CC2)cc1C(F)(F)F. The van der Waals surface area contributed by atoms with Gasteiger partial charge in [-0.3, -0.25) is 0 Å². The zero-order chi connectivity index (χ0) is 15.6. The van der Waals surface area contributed by atoms with Crippen LogP contribution >= 0.6 is 0 Å². The molecular weight excluding hydrogens is 281 g/mol. The number of benzene rings is 1. The van der Waals surface area contributed by atoms with Crippen LogP contribution in [0, 0.1) is 0 Å². The highest BCUT2D eigenvalue weighted by Crippen LogP contribution is 2.37. The molecule has 21 heavy (non-hydrogen) atoms. The molecule has 1 aliphatic carbocycles. The van der Waals surface area contributed by atoms with Gasteiger partial charge in [-0.05, 0) is 37.5 Å². The average molecular weight is 302 g/mol. The number of alkyl halides is 3. The van der Waals surface area contributed by atoms with Gasteiger partial charge in [0, 0.05) is 31.9 Å². The largest absolute Gasteiger partial charge is 0.418 e. The van der Waals surface area contributed by atoms with E-state index in [2.05, 4.69) is 5.32 Å². The van der Waals surface area contributed by atoms with E-state index >= 15 is 0 Å². The fraction of sp³-hybridized carbons (Fsp3) is 0.600. The number of nitrogens with one attached hydrogen (secondary N) is 1. The summed E-state index contributed by atoms with van der Waals surface area (Å²) in [6.07, 6.45) is -2.90. The molecule has 118 valence electrons. The predicted molar refractivity (Wildman–Crippen MR) is 76.3 cm³/mol. The Hall–Kier alpha value is -1.27. The van der Waals surface area contributed by atoms with Crippen molar-refractivity contribution in [2.45, 2.75) is 44.6 Å². The molecule has 0 spiro atoms. The maximum Gasteiger partial charge on any atom is 0.418 e. The first-order chi connectivity index (χ1) is 9.77. The summed E-state index contributed by atoms with van der Waals surface area (Å²) < 4.78 is 39.7. The lowest BCUT2D eigenvalue weighted by molar-refractivity contribution is -0.137. The topological polar surface area (TPSA) is 35.5 Å². The molecule has 1 aromatic carbocycles. The molecule has 1 atom stereocenters. The van der Waals surface area contributed by atoms with E-state index in [1.54, 1.807) is 20.0 Å². The molecule has 0 bridgehead atoms. The number of rotatable bonds is 6. The summed E-state index contributed by atoms with van der Waals surface area (Å²) in [6.45, 7) is 2.16. The lowest BCUT2D eigenvalue weighted by atomic mass is 10.1. The monoisotopic (exact) mass is 302 g/mol. The van der Waals surface area contributed by atoms with Crippen molar-refractivity contribution in [2.24, 2.45) is 0 Å². The van der Waals surface area contributed by atoms with Crippen molar-refractivity contribution in [3.05, 3.63) is 29.3 Å². The molecule has 0 aliphatic heterocycles. The van der Waals surface area contributed by atoms with Gasteiger partial charge in [-0.2, -0.15) is 13.2 Å². The number of hydrogen-bond donors (Lipinski definition) is 2. The van der Waals surface area contributed by atoms with E-state index in [1.165, 1.54) is 17.0 Å². The Morgan fingerprint density at radius 3 is 2.57 bits per heavy atom. The van der Waals surface area contributed by atoms with Gasteiger partial charge < -0.3 is 15.3 Å². The van der Waals surface area contributed by atoms with Crippen molar-refractivity contribution in [2.75, 3.05) is 18.5 Å². The second-order valence-electron chi connectivity index (χ2n) is 5.73. The molecule has 1 unspecified atom stereocenters. The maximum absolute atomic E-state index is 13.2. The second-order valence-corrected chi connectivity index (χ2v) is 5.73. The van der Waals surface area contributed by atoms with Gasteiger partial charge in [-0.15, -0.1) is 0 Å². The first-order valence-electron chi connectivity index (χ1n) is 7.10. The Morgan fingerprint density at radius 2 is 2.05 bits per heavy atom. The first kappa shape index (κ1) is 16.1. The summed E-state index contributed by atoms with van der Waals surface area (Å²) >= 11 is 0. The number of nitrogens with zero attached hydrogens (tertiary/aromatic N) is 1.